The zero-order valence-corrected chi connectivity index (χ0v) is 22.1. The van der Waals surface area contributed by atoms with Gasteiger partial charge in [0.1, 0.15) is 5.82 Å². The Hall–Kier alpha value is -3.55. The summed E-state index contributed by atoms with van der Waals surface area (Å²) in [5.41, 5.74) is 1.99. The lowest BCUT2D eigenvalue weighted by Gasteiger charge is -2.44. The Kier molecular flexibility index (Phi) is 6.08. The maximum Gasteiger partial charge on any atom is 0.264 e. The Morgan fingerprint density at radius 2 is 2.00 bits per heavy atom. The number of fused-ring (bicyclic) bond motifs is 2. The molecule has 1 aliphatic heterocycles. The quantitative estimate of drug-likeness (QED) is 0.322. The van der Waals surface area contributed by atoms with E-state index in [4.69, 9.17) is 0 Å². The van der Waals surface area contributed by atoms with Gasteiger partial charge in [-0.3, -0.25) is 4.79 Å². The lowest BCUT2D eigenvalue weighted by molar-refractivity contribution is 0.0775. The molecule has 0 amide bonds. The second kappa shape index (κ2) is 9.33. The molecule has 196 valence electrons. The van der Waals surface area contributed by atoms with Crippen molar-refractivity contribution in [2.75, 3.05) is 13.1 Å². The molecule has 4 heterocycles. The minimum atomic E-state index is -3.98. The van der Waals surface area contributed by atoms with E-state index in [0.29, 0.717) is 23.7 Å². The second-order valence-corrected chi connectivity index (χ2v) is 12.2. The molecule has 3 aromatic heterocycles. The minimum absolute atomic E-state index is 0.0403. The molecule has 13 heteroatoms. The Morgan fingerprint density at radius 1 is 1.18 bits per heavy atom. The van der Waals surface area contributed by atoms with E-state index < -0.39 is 15.4 Å². The Balaban J connectivity index is 1.41. The molecule has 1 atom stereocenters. The summed E-state index contributed by atoms with van der Waals surface area (Å²) < 4.78 is 43.8. The Bertz CT molecular complexity index is 1640. The van der Waals surface area contributed by atoms with Crippen LogP contribution in [0, 0.1) is 11.2 Å². The van der Waals surface area contributed by atoms with Crippen LogP contribution in [-0.4, -0.2) is 61.4 Å². The first kappa shape index (κ1) is 24.8. The predicted octanol–water partition coefficient (Wildman–Crippen LogP) is 3.37. The summed E-state index contributed by atoms with van der Waals surface area (Å²) in [7, 11) is -3.98. The van der Waals surface area contributed by atoms with E-state index in [2.05, 4.69) is 20.3 Å². The van der Waals surface area contributed by atoms with E-state index in [1.807, 2.05) is 13.0 Å². The lowest BCUT2D eigenvalue weighted by Crippen LogP contribution is -2.53. The van der Waals surface area contributed by atoms with Gasteiger partial charge in [-0.2, -0.15) is 19.3 Å². The van der Waals surface area contributed by atoms with Crippen molar-refractivity contribution < 1.29 is 17.6 Å². The molecular weight excluding hydrogens is 529 g/mol. The van der Waals surface area contributed by atoms with Gasteiger partial charge in [-0.15, -0.1) is 16.4 Å². The van der Waals surface area contributed by atoms with Gasteiger partial charge >= 0.3 is 0 Å². The van der Waals surface area contributed by atoms with E-state index >= 15 is 0 Å². The van der Waals surface area contributed by atoms with Crippen molar-refractivity contribution >= 4 is 33.2 Å². The largest absolute Gasteiger partial charge is 0.290 e. The molecular formula is C25H24FN7O3S2. The molecule has 1 aliphatic carbocycles. The number of aryl methyl sites for hydroxylation is 1. The van der Waals surface area contributed by atoms with Gasteiger partial charge in [-0.25, -0.2) is 22.5 Å². The molecule has 38 heavy (non-hydrogen) atoms. The molecule has 1 unspecified atom stereocenters. The average molecular weight is 554 g/mol. The summed E-state index contributed by atoms with van der Waals surface area (Å²) in [6.45, 7) is 2.62. The minimum Gasteiger partial charge on any atom is -0.290 e. The van der Waals surface area contributed by atoms with Gasteiger partial charge < -0.3 is 0 Å². The molecule has 10 nitrogen and oxygen atoms in total. The number of piperidine rings is 1. The van der Waals surface area contributed by atoms with Crippen molar-refractivity contribution in [1.82, 2.24) is 34.1 Å². The van der Waals surface area contributed by atoms with Crippen LogP contribution in [0.5, 0.6) is 0 Å². The number of sulfonamides is 1. The van der Waals surface area contributed by atoms with Gasteiger partial charge in [-0.05, 0) is 55.2 Å². The number of rotatable bonds is 7. The van der Waals surface area contributed by atoms with E-state index in [1.165, 1.54) is 38.8 Å². The van der Waals surface area contributed by atoms with E-state index in [9.17, 15) is 17.6 Å². The standard InChI is InChI=1S/C25H24FN7O3S2/c1-2-9-32-28-15-22(30-32)38(35,36)31-10-7-18-12-21-17(14-29-33(21)20-5-3-19(26)4-6-20)13-25(18,16-31)23(34)24-27-8-11-37-24/h3-6,8,11-12,14-15H,2,7,9-10,13,16H2,1H3. The van der Waals surface area contributed by atoms with Crippen molar-refractivity contribution in [1.29, 1.82) is 0 Å². The van der Waals surface area contributed by atoms with Gasteiger partial charge in [0.05, 0.1) is 35.7 Å². The highest BCUT2D eigenvalue weighted by Gasteiger charge is 2.52. The Labute approximate surface area is 222 Å². The summed E-state index contributed by atoms with van der Waals surface area (Å²) in [6, 6.07) is 6.03. The number of Topliss-reactive ketones (excluding diaryl/α,β-unsaturated/α-hetero) is 1. The molecule has 1 aromatic carbocycles. The number of thiazole rings is 1. The molecule has 0 radical (unpaired) electrons. The maximum absolute atomic E-state index is 14.0. The molecule has 0 N–H and O–H groups in total. The van der Waals surface area contributed by atoms with Crippen molar-refractivity contribution in [3.63, 3.8) is 0 Å². The van der Waals surface area contributed by atoms with Crippen molar-refractivity contribution in [3.8, 4) is 5.69 Å². The smallest absolute Gasteiger partial charge is 0.264 e. The maximum atomic E-state index is 14.0. The zero-order chi connectivity index (χ0) is 26.5. The Morgan fingerprint density at radius 3 is 2.74 bits per heavy atom. The highest BCUT2D eigenvalue weighted by Crippen LogP contribution is 2.47. The fourth-order valence-electron chi connectivity index (χ4n) is 5.19. The lowest BCUT2D eigenvalue weighted by atomic mass is 9.66. The highest BCUT2D eigenvalue weighted by molar-refractivity contribution is 7.89. The molecule has 4 aromatic rings. The monoisotopic (exact) mass is 553 g/mol. The highest BCUT2D eigenvalue weighted by atomic mass is 32.2. The number of carbonyl (C=O) groups excluding carboxylic acids is 1. The normalized spacial score (nSPS) is 19.6. The molecule has 0 bridgehead atoms. The van der Waals surface area contributed by atoms with Crippen LogP contribution in [0.25, 0.3) is 11.8 Å². The number of hydrogen-bond acceptors (Lipinski definition) is 8. The first-order valence-corrected chi connectivity index (χ1v) is 14.5. The van der Waals surface area contributed by atoms with Gasteiger partial charge in [0.2, 0.25) is 10.8 Å². The number of nitrogens with zero attached hydrogens (tertiary/aromatic N) is 7. The molecule has 6 rings (SSSR count). The fraction of sp³-hybridized carbons (Fsp3) is 0.320. The predicted molar refractivity (Wildman–Crippen MR) is 138 cm³/mol. The van der Waals surface area contributed by atoms with E-state index in [-0.39, 0.29) is 36.1 Å². The second-order valence-electron chi connectivity index (χ2n) is 9.41. The van der Waals surface area contributed by atoms with Crippen LogP contribution in [-0.2, 0) is 23.0 Å². The topological polar surface area (TPSA) is 116 Å². The van der Waals surface area contributed by atoms with Gasteiger partial charge in [0, 0.05) is 24.7 Å². The summed E-state index contributed by atoms with van der Waals surface area (Å²) in [6.07, 6.45) is 7.84. The first-order valence-electron chi connectivity index (χ1n) is 12.2. The third kappa shape index (κ3) is 4.01. The fourth-order valence-corrected chi connectivity index (χ4v) is 7.23. The molecule has 1 fully saturated rings. The van der Waals surface area contributed by atoms with Crippen molar-refractivity contribution in [3.05, 3.63) is 75.9 Å². The number of carbonyl (C=O) groups is 1. The van der Waals surface area contributed by atoms with Gasteiger partial charge in [0.15, 0.2) is 5.01 Å². The summed E-state index contributed by atoms with van der Waals surface area (Å²) in [5.74, 6) is -0.557. The van der Waals surface area contributed by atoms with Crippen LogP contribution in [0.2, 0.25) is 0 Å². The van der Waals surface area contributed by atoms with Gasteiger partial charge in [0.25, 0.3) is 10.0 Å². The summed E-state index contributed by atoms with van der Waals surface area (Å²) in [5, 5.41) is 14.7. The number of halogens is 1. The first-order chi connectivity index (χ1) is 18.3. The van der Waals surface area contributed by atoms with Crippen molar-refractivity contribution in [2.45, 2.75) is 37.8 Å². The molecule has 1 saturated heterocycles. The number of benzene rings is 1. The van der Waals surface area contributed by atoms with Crippen LogP contribution in [0.3, 0.4) is 0 Å². The SMILES string of the molecule is CCCn1ncc(S(=O)(=O)N2CCC3=Cc4c(cnn4-c4ccc(F)cc4)CC3(C(=O)c3nccs3)C2)n1. The van der Waals surface area contributed by atoms with E-state index in [0.717, 1.165) is 23.3 Å². The summed E-state index contributed by atoms with van der Waals surface area (Å²) >= 11 is 1.24. The number of ketones is 1. The third-order valence-corrected chi connectivity index (χ3v) is 9.54. The van der Waals surface area contributed by atoms with Crippen LogP contribution in [0.4, 0.5) is 4.39 Å². The molecule has 0 saturated carbocycles. The van der Waals surface area contributed by atoms with Crippen LogP contribution >= 0.6 is 11.3 Å². The van der Waals surface area contributed by atoms with Crippen LogP contribution < -0.4 is 0 Å². The molecule has 2 aliphatic rings. The summed E-state index contributed by atoms with van der Waals surface area (Å²) in [4.78, 5) is 19.6. The van der Waals surface area contributed by atoms with E-state index in [1.54, 1.807) is 34.6 Å². The number of hydrogen-bond donors (Lipinski definition) is 0. The van der Waals surface area contributed by atoms with Crippen molar-refractivity contribution in [2.24, 2.45) is 5.41 Å². The average Bonchev–Trinajstić information content (AvgIpc) is 3.69. The van der Waals surface area contributed by atoms with Gasteiger partial charge in [-0.1, -0.05) is 12.5 Å². The van der Waals surface area contributed by atoms with Crippen LogP contribution in [0.1, 0.15) is 40.8 Å². The molecule has 0 spiro atoms. The number of aromatic nitrogens is 6. The zero-order valence-electron chi connectivity index (χ0n) is 20.5. The third-order valence-electron chi connectivity index (χ3n) is 7.06. The van der Waals surface area contributed by atoms with Crippen LogP contribution in [0.15, 0.2) is 58.8 Å².